The molecule has 0 radical (unpaired) electrons. The van der Waals surface area contributed by atoms with Crippen molar-refractivity contribution in [1.82, 2.24) is 0 Å². The van der Waals surface area contributed by atoms with Gasteiger partial charge < -0.3 is 9.84 Å². The summed E-state index contributed by atoms with van der Waals surface area (Å²) in [6.07, 6.45) is 19.8. The number of ether oxygens (including phenoxy) is 1. The zero-order valence-electron chi connectivity index (χ0n) is 15.4. The summed E-state index contributed by atoms with van der Waals surface area (Å²) in [7, 11) is 0. The fourth-order valence-corrected chi connectivity index (χ4v) is 2.83. The third-order valence-electron chi connectivity index (χ3n) is 4.18. The number of unbranched alkanes of at least 4 members (excludes halogenated alkanes) is 11. The van der Waals surface area contributed by atoms with E-state index in [1.54, 1.807) is 6.08 Å². The van der Waals surface area contributed by atoms with E-state index in [2.05, 4.69) is 6.92 Å². The van der Waals surface area contributed by atoms with Crippen molar-refractivity contribution in [3.63, 3.8) is 0 Å². The van der Waals surface area contributed by atoms with Gasteiger partial charge in [0.15, 0.2) is 0 Å². The third kappa shape index (κ3) is 17.4. The van der Waals surface area contributed by atoms with Gasteiger partial charge in [0.25, 0.3) is 0 Å². The highest BCUT2D eigenvalue weighted by atomic mass is 16.5. The summed E-state index contributed by atoms with van der Waals surface area (Å²) in [5.41, 5.74) is 0. The highest BCUT2D eigenvalue weighted by molar-refractivity contribution is 5.79. The van der Waals surface area contributed by atoms with Crippen LogP contribution in [-0.2, 0) is 9.53 Å². The molecule has 0 aliphatic heterocycles. The molecular weight excluding hydrogens is 288 g/mol. The number of hydrogen-bond acceptors (Lipinski definition) is 2. The lowest BCUT2D eigenvalue weighted by molar-refractivity contribution is -0.131. The van der Waals surface area contributed by atoms with E-state index >= 15 is 0 Å². The van der Waals surface area contributed by atoms with Crippen LogP contribution in [0.15, 0.2) is 12.2 Å². The first-order valence-corrected chi connectivity index (χ1v) is 9.73. The van der Waals surface area contributed by atoms with Crippen molar-refractivity contribution in [2.45, 2.75) is 103 Å². The second-order valence-electron chi connectivity index (χ2n) is 6.37. The lowest BCUT2D eigenvalue weighted by Crippen LogP contribution is -2.10. The predicted molar refractivity (Wildman–Crippen MR) is 97.9 cm³/mol. The highest BCUT2D eigenvalue weighted by Gasteiger charge is 2.04. The molecule has 0 aromatic carbocycles. The minimum Gasteiger partial charge on any atom is -0.478 e. The van der Waals surface area contributed by atoms with E-state index in [1.165, 1.54) is 76.7 Å². The SMILES string of the molecule is CCCCCCCCCCCCCCC(/C=C/C(=O)O)OCC. The average molecular weight is 327 g/mol. The molecule has 1 atom stereocenters. The van der Waals surface area contributed by atoms with Crippen LogP contribution >= 0.6 is 0 Å². The van der Waals surface area contributed by atoms with Crippen LogP contribution in [0.4, 0.5) is 0 Å². The molecule has 3 heteroatoms. The molecule has 0 rings (SSSR count). The molecule has 0 aliphatic rings. The van der Waals surface area contributed by atoms with Gasteiger partial charge >= 0.3 is 5.97 Å². The number of hydrogen-bond donors (Lipinski definition) is 1. The normalized spacial score (nSPS) is 12.8. The van der Waals surface area contributed by atoms with Crippen LogP contribution in [0.1, 0.15) is 97.3 Å². The third-order valence-corrected chi connectivity index (χ3v) is 4.18. The molecule has 0 aliphatic carbocycles. The van der Waals surface area contributed by atoms with Gasteiger partial charge in [-0.2, -0.15) is 0 Å². The van der Waals surface area contributed by atoms with E-state index in [9.17, 15) is 4.79 Å². The smallest absolute Gasteiger partial charge is 0.328 e. The van der Waals surface area contributed by atoms with Crippen molar-refractivity contribution in [3.05, 3.63) is 12.2 Å². The maximum atomic E-state index is 10.5. The molecule has 0 saturated heterocycles. The van der Waals surface area contributed by atoms with Crippen LogP contribution in [0.5, 0.6) is 0 Å². The Labute approximate surface area is 143 Å². The largest absolute Gasteiger partial charge is 0.478 e. The number of carboxylic acids is 1. The Morgan fingerprint density at radius 2 is 1.35 bits per heavy atom. The Morgan fingerprint density at radius 1 is 0.870 bits per heavy atom. The summed E-state index contributed by atoms with van der Waals surface area (Å²) in [5, 5.41) is 8.66. The molecule has 136 valence electrons. The standard InChI is InChI=1S/C20H38O3/c1-3-5-6-7-8-9-10-11-12-13-14-15-16-19(23-4-2)17-18-20(21)22/h17-19H,3-16H2,1-2H3,(H,21,22)/b18-17+. The first-order valence-electron chi connectivity index (χ1n) is 9.73. The summed E-state index contributed by atoms with van der Waals surface area (Å²) in [6, 6.07) is 0. The van der Waals surface area contributed by atoms with Gasteiger partial charge in [0, 0.05) is 12.7 Å². The fourth-order valence-electron chi connectivity index (χ4n) is 2.83. The molecule has 0 saturated carbocycles. The zero-order valence-corrected chi connectivity index (χ0v) is 15.4. The average Bonchev–Trinajstić information content (AvgIpc) is 2.53. The van der Waals surface area contributed by atoms with Crippen molar-refractivity contribution in [2.24, 2.45) is 0 Å². The summed E-state index contributed by atoms with van der Waals surface area (Å²) >= 11 is 0. The van der Waals surface area contributed by atoms with E-state index in [0.29, 0.717) is 6.61 Å². The summed E-state index contributed by atoms with van der Waals surface area (Å²) in [4.78, 5) is 10.5. The molecule has 0 spiro atoms. The first kappa shape index (κ1) is 22.2. The number of carbonyl (C=O) groups is 1. The van der Waals surface area contributed by atoms with Crippen molar-refractivity contribution < 1.29 is 14.6 Å². The van der Waals surface area contributed by atoms with E-state index in [0.717, 1.165) is 12.8 Å². The number of rotatable bonds is 17. The first-order chi connectivity index (χ1) is 11.2. The van der Waals surface area contributed by atoms with Gasteiger partial charge in [-0.05, 0) is 19.4 Å². The minimum absolute atomic E-state index is 0.0424. The molecule has 1 N–H and O–H groups in total. The minimum atomic E-state index is -0.899. The Morgan fingerprint density at radius 3 is 1.78 bits per heavy atom. The van der Waals surface area contributed by atoms with Gasteiger partial charge in [-0.25, -0.2) is 4.79 Å². The lowest BCUT2D eigenvalue weighted by Gasteiger charge is -2.12. The Hall–Kier alpha value is -0.830. The molecule has 0 aromatic heterocycles. The molecule has 0 fully saturated rings. The van der Waals surface area contributed by atoms with Gasteiger partial charge in [-0.1, -0.05) is 84.0 Å². The molecule has 0 aromatic rings. The van der Waals surface area contributed by atoms with Crippen molar-refractivity contribution in [3.8, 4) is 0 Å². The maximum absolute atomic E-state index is 10.5. The maximum Gasteiger partial charge on any atom is 0.328 e. The molecule has 23 heavy (non-hydrogen) atoms. The van der Waals surface area contributed by atoms with Crippen LogP contribution in [0.2, 0.25) is 0 Å². The zero-order chi connectivity index (χ0) is 17.2. The van der Waals surface area contributed by atoms with Crippen LogP contribution < -0.4 is 0 Å². The van der Waals surface area contributed by atoms with Gasteiger partial charge in [0.2, 0.25) is 0 Å². The van der Waals surface area contributed by atoms with Gasteiger partial charge in [-0.3, -0.25) is 0 Å². The number of carboxylic acid groups (broad SMARTS) is 1. The van der Waals surface area contributed by atoms with Crippen molar-refractivity contribution in [2.75, 3.05) is 6.61 Å². The van der Waals surface area contributed by atoms with Crippen molar-refractivity contribution >= 4 is 5.97 Å². The summed E-state index contributed by atoms with van der Waals surface area (Å²) in [6.45, 7) is 4.84. The van der Waals surface area contributed by atoms with E-state index < -0.39 is 5.97 Å². The summed E-state index contributed by atoms with van der Waals surface area (Å²) < 4.78 is 5.54. The van der Waals surface area contributed by atoms with E-state index in [4.69, 9.17) is 9.84 Å². The molecule has 0 heterocycles. The second-order valence-corrected chi connectivity index (χ2v) is 6.37. The molecule has 0 amide bonds. The fraction of sp³-hybridized carbons (Fsp3) is 0.850. The van der Waals surface area contributed by atoms with Gasteiger partial charge in [-0.15, -0.1) is 0 Å². The van der Waals surface area contributed by atoms with Crippen LogP contribution in [0.3, 0.4) is 0 Å². The molecule has 0 bridgehead atoms. The lowest BCUT2D eigenvalue weighted by atomic mass is 10.0. The van der Waals surface area contributed by atoms with Crippen molar-refractivity contribution in [1.29, 1.82) is 0 Å². The molecule has 3 nitrogen and oxygen atoms in total. The Balaban J connectivity index is 3.40. The van der Waals surface area contributed by atoms with Crippen LogP contribution in [0.25, 0.3) is 0 Å². The summed E-state index contributed by atoms with van der Waals surface area (Å²) in [5.74, 6) is -0.899. The second kappa shape index (κ2) is 17.5. The van der Waals surface area contributed by atoms with Gasteiger partial charge in [0.1, 0.15) is 0 Å². The van der Waals surface area contributed by atoms with Gasteiger partial charge in [0.05, 0.1) is 6.10 Å². The topological polar surface area (TPSA) is 46.5 Å². The van der Waals surface area contributed by atoms with E-state index in [-0.39, 0.29) is 6.10 Å². The monoisotopic (exact) mass is 326 g/mol. The van der Waals surface area contributed by atoms with Crippen LogP contribution in [0, 0.1) is 0 Å². The van der Waals surface area contributed by atoms with Crippen LogP contribution in [-0.4, -0.2) is 23.8 Å². The van der Waals surface area contributed by atoms with E-state index in [1.807, 2.05) is 6.92 Å². The quantitative estimate of drug-likeness (QED) is 0.258. The Kier molecular flexibility index (Phi) is 16.9. The number of aliphatic carboxylic acids is 1. The highest BCUT2D eigenvalue weighted by Crippen LogP contribution is 2.14. The molecular formula is C20H38O3. The Bertz CT molecular complexity index is 287. The predicted octanol–water partition coefficient (Wildman–Crippen LogP) is 6.12. The molecule has 1 unspecified atom stereocenters.